The number of carbonyl (C=O) groups excluding carboxylic acids is 1. The van der Waals surface area contributed by atoms with E-state index in [1.54, 1.807) is 24.3 Å². The zero-order chi connectivity index (χ0) is 20.9. The van der Waals surface area contributed by atoms with E-state index in [0.29, 0.717) is 18.8 Å². The van der Waals surface area contributed by atoms with Crippen LogP contribution in [0.5, 0.6) is 5.75 Å². The van der Waals surface area contributed by atoms with Crippen molar-refractivity contribution in [2.24, 2.45) is 0 Å². The fraction of sp³-hybridized carbons (Fsp3) is 0.435. The Bertz CT molecular complexity index is 895. The Balaban J connectivity index is 1.35. The highest BCUT2D eigenvalue weighted by Gasteiger charge is 2.31. The third kappa shape index (κ3) is 4.62. The summed E-state index contributed by atoms with van der Waals surface area (Å²) in [5, 5.41) is 9.46. The van der Waals surface area contributed by atoms with E-state index in [1.165, 1.54) is 29.8 Å². The first-order chi connectivity index (χ1) is 14.6. The predicted octanol–water partition coefficient (Wildman–Crippen LogP) is 2.18. The van der Waals surface area contributed by atoms with Gasteiger partial charge in [0.25, 0.3) is 6.10 Å². The summed E-state index contributed by atoms with van der Waals surface area (Å²) >= 11 is 0. The normalized spacial score (nSPS) is 17.8. The smallest absolute Gasteiger partial charge is 0.352 e. The summed E-state index contributed by atoms with van der Waals surface area (Å²) in [7, 11) is 0. The number of pyridine rings is 1. The van der Waals surface area contributed by atoms with Crippen molar-refractivity contribution >= 4 is 17.4 Å². The molecule has 7 nitrogen and oxygen atoms in total. The van der Waals surface area contributed by atoms with Gasteiger partial charge in [-0.2, -0.15) is 0 Å². The number of nitrogens with zero attached hydrogens (tertiary/aromatic N) is 3. The second-order valence-electron chi connectivity index (χ2n) is 7.84. The zero-order valence-corrected chi connectivity index (χ0v) is 17.0. The molecule has 30 heavy (non-hydrogen) atoms. The van der Waals surface area contributed by atoms with Gasteiger partial charge in [0.15, 0.2) is 5.78 Å². The molecule has 1 aromatic heterocycles. The van der Waals surface area contributed by atoms with Crippen LogP contribution < -0.4 is 9.64 Å². The molecule has 0 amide bonds. The highest BCUT2D eigenvalue weighted by Crippen LogP contribution is 2.29. The van der Waals surface area contributed by atoms with Crippen molar-refractivity contribution in [3.8, 4) is 5.75 Å². The SMILES string of the molecule is O=C(O)C(Oc1ccccc1)C(=O)CN1CCN(c2ccnc3c2CCCC3)CC1. The van der Waals surface area contributed by atoms with E-state index in [4.69, 9.17) is 4.74 Å². The molecule has 1 aliphatic carbocycles. The molecule has 0 saturated carbocycles. The van der Waals surface area contributed by atoms with Gasteiger partial charge in [0.1, 0.15) is 5.75 Å². The van der Waals surface area contributed by atoms with Crippen LogP contribution in [-0.4, -0.2) is 65.6 Å². The summed E-state index contributed by atoms with van der Waals surface area (Å²) in [6, 6.07) is 10.7. The number of piperazine rings is 1. The number of rotatable bonds is 7. The van der Waals surface area contributed by atoms with Crippen molar-refractivity contribution in [3.05, 3.63) is 53.9 Å². The summed E-state index contributed by atoms with van der Waals surface area (Å²) < 4.78 is 5.44. The second kappa shape index (κ2) is 9.26. The molecule has 1 N–H and O–H groups in total. The lowest BCUT2D eigenvalue weighted by Crippen LogP contribution is -2.51. The van der Waals surface area contributed by atoms with Crippen LogP contribution in [-0.2, 0) is 22.4 Å². The number of aryl methyl sites for hydroxylation is 1. The number of ether oxygens (including phenoxy) is 1. The van der Waals surface area contributed by atoms with Crippen molar-refractivity contribution < 1.29 is 19.4 Å². The minimum absolute atomic E-state index is 0.0755. The Kier molecular flexibility index (Phi) is 6.28. The van der Waals surface area contributed by atoms with Crippen molar-refractivity contribution in [2.45, 2.75) is 31.8 Å². The third-order valence-corrected chi connectivity index (χ3v) is 5.82. The minimum atomic E-state index is -1.49. The van der Waals surface area contributed by atoms with Gasteiger partial charge in [-0.3, -0.25) is 14.7 Å². The lowest BCUT2D eigenvalue weighted by atomic mass is 9.94. The fourth-order valence-corrected chi connectivity index (χ4v) is 4.24. The van der Waals surface area contributed by atoms with Gasteiger partial charge in [-0.25, -0.2) is 4.79 Å². The van der Waals surface area contributed by atoms with Gasteiger partial charge in [0.05, 0.1) is 6.54 Å². The van der Waals surface area contributed by atoms with E-state index < -0.39 is 17.9 Å². The molecule has 4 rings (SSSR count). The average molecular weight is 409 g/mol. The number of hydrogen-bond donors (Lipinski definition) is 1. The molecule has 1 saturated heterocycles. The van der Waals surface area contributed by atoms with Gasteiger partial charge < -0.3 is 14.7 Å². The largest absolute Gasteiger partial charge is 0.478 e. The number of benzene rings is 1. The van der Waals surface area contributed by atoms with Gasteiger partial charge in [-0.1, -0.05) is 18.2 Å². The molecule has 158 valence electrons. The summed E-state index contributed by atoms with van der Waals surface area (Å²) in [6.45, 7) is 3.11. The standard InChI is InChI=1S/C23H27N3O4/c27-21(22(23(28)29)30-17-6-2-1-3-7-17)16-25-12-14-26(15-13-25)20-10-11-24-19-9-5-4-8-18(19)20/h1-3,6-7,10-11,22H,4-5,8-9,12-16H2,(H,28,29). The topological polar surface area (TPSA) is 83.0 Å². The highest BCUT2D eigenvalue weighted by atomic mass is 16.5. The monoisotopic (exact) mass is 409 g/mol. The lowest BCUT2D eigenvalue weighted by Gasteiger charge is -2.37. The number of hydrogen-bond acceptors (Lipinski definition) is 6. The van der Waals surface area contributed by atoms with Crippen LogP contribution in [0.15, 0.2) is 42.6 Å². The Morgan fingerprint density at radius 1 is 1.03 bits per heavy atom. The molecule has 7 heteroatoms. The number of fused-ring (bicyclic) bond motifs is 1. The average Bonchev–Trinajstić information content (AvgIpc) is 2.78. The van der Waals surface area contributed by atoms with Crippen LogP contribution >= 0.6 is 0 Å². The maximum atomic E-state index is 12.6. The Labute approximate surface area is 176 Å². The number of para-hydroxylation sites is 1. The van der Waals surface area contributed by atoms with E-state index in [1.807, 2.05) is 17.2 Å². The van der Waals surface area contributed by atoms with Crippen LogP contribution in [0.1, 0.15) is 24.1 Å². The molecular formula is C23H27N3O4. The molecular weight excluding hydrogens is 382 g/mol. The minimum Gasteiger partial charge on any atom is -0.478 e. The Hall–Kier alpha value is -2.93. The maximum absolute atomic E-state index is 12.6. The van der Waals surface area contributed by atoms with E-state index in [9.17, 15) is 14.7 Å². The van der Waals surface area contributed by atoms with Crippen LogP contribution in [0.2, 0.25) is 0 Å². The predicted molar refractivity (Wildman–Crippen MR) is 113 cm³/mol. The van der Waals surface area contributed by atoms with Gasteiger partial charge in [-0.05, 0) is 49.4 Å². The Morgan fingerprint density at radius 2 is 1.77 bits per heavy atom. The summed E-state index contributed by atoms with van der Waals surface area (Å²) in [5.41, 5.74) is 3.86. The van der Waals surface area contributed by atoms with Gasteiger partial charge in [-0.15, -0.1) is 0 Å². The first kappa shape index (κ1) is 20.3. The van der Waals surface area contributed by atoms with Crippen LogP contribution in [0, 0.1) is 0 Å². The van der Waals surface area contributed by atoms with Crippen LogP contribution in [0.4, 0.5) is 5.69 Å². The first-order valence-electron chi connectivity index (χ1n) is 10.5. The molecule has 0 radical (unpaired) electrons. The van der Waals surface area contributed by atoms with Gasteiger partial charge in [0.2, 0.25) is 0 Å². The zero-order valence-electron chi connectivity index (χ0n) is 17.0. The number of aliphatic carboxylic acids is 1. The number of carbonyl (C=O) groups is 2. The summed E-state index contributed by atoms with van der Waals surface area (Å²) in [6.07, 6.45) is 4.95. The molecule has 2 heterocycles. The number of anilines is 1. The molecule has 1 aliphatic heterocycles. The van der Waals surface area contributed by atoms with Crippen molar-refractivity contribution in [1.82, 2.24) is 9.88 Å². The fourth-order valence-electron chi connectivity index (χ4n) is 4.24. The molecule has 1 unspecified atom stereocenters. The highest BCUT2D eigenvalue weighted by molar-refractivity contribution is 6.02. The lowest BCUT2D eigenvalue weighted by molar-refractivity contribution is -0.150. The first-order valence-corrected chi connectivity index (χ1v) is 10.5. The van der Waals surface area contributed by atoms with Crippen LogP contribution in [0.3, 0.4) is 0 Å². The second-order valence-corrected chi connectivity index (χ2v) is 7.84. The van der Waals surface area contributed by atoms with Gasteiger partial charge in [0, 0.05) is 43.8 Å². The Morgan fingerprint density at radius 3 is 2.50 bits per heavy atom. The molecule has 0 spiro atoms. The summed E-state index contributed by atoms with van der Waals surface area (Å²) in [4.78, 5) is 33.1. The summed E-state index contributed by atoms with van der Waals surface area (Å²) in [5.74, 6) is -1.31. The molecule has 1 fully saturated rings. The van der Waals surface area contributed by atoms with Crippen molar-refractivity contribution in [3.63, 3.8) is 0 Å². The van der Waals surface area contributed by atoms with Crippen LogP contribution in [0.25, 0.3) is 0 Å². The number of carboxylic acids is 1. The van der Waals surface area contributed by atoms with Crippen molar-refractivity contribution in [1.29, 1.82) is 0 Å². The number of aromatic nitrogens is 1. The van der Waals surface area contributed by atoms with E-state index in [-0.39, 0.29) is 6.54 Å². The number of Topliss-reactive ketones (excluding diaryl/α,β-unsaturated/α-hetero) is 1. The molecule has 1 aromatic carbocycles. The van der Waals surface area contributed by atoms with E-state index in [2.05, 4.69) is 16.0 Å². The molecule has 2 aliphatic rings. The maximum Gasteiger partial charge on any atom is 0.352 e. The van der Waals surface area contributed by atoms with Crippen molar-refractivity contribution in [2.75, 3.05) is 37.6 Å². The molecule has 0 bridgehead atoms. The number of ketones is 1. The quantitative estimate of drug-likeness (QED) is 0.702. The van der Waals surface area contributed by atoms with E-state index in [0.717, 1.165) is 25.9 Å². The molecule has 2 aromatic rings. The number of carboxylic acid groups (broad SMARTS) is 1. The van der Waals surface area contributed by atoms with Gasteiger partial charge >= 0.3 is 5.97 Å². The third-order valence-electron chi connectivity index (χ3n) is 5.82. The van der Waals surface area contributed by atoms with E-state index >= 15 is 0 Å². The molecule has 1 atom stereocenters.